The molecule has 36 heavy (non-hydrogen) atoms. The van der Waals surface area contributed by atoms with Gasteiger partial charge < -0.3 is 15.6 Å². The first-order valence-corrected chi connectivity index (χ1v) is 12.4. The molecule has 0 aliphatic rings. The Balaban J connectivity index is 2.04. The number of ketones is 2. The molecule has 2 aromatic rings. The summed E-state index contributed by atoms with van der Waals surface area (Å²) in [5, 5.41) is 18.2. The van der Waals surface area contributed by atoms with Crippen molar-refractivity contribution in [3.8, 4) is 0 Å². The van der Waals surface area contributed by atoms with E-state index in [9.17, 15) is 19.2 Å². The van der Waals surface area contributed by atoms with Gasteiger partial charge in [0.1, 0.15) is 5.84 Å². The first-order valence-electron chi connectivity index (χ1n) is 11.5. The lowest BCUT2D eigenvalue weighted by Crippen LogP contribution is -2.42. The fraction of sp³-hybridized carbons (Fsp3) is 0.333. The standard InChI is InChI=1S/C27H32N4O4S/c1-17(20-11-8-12-21(13-20)26(34)19-9-6-5-7-10-19)27(35)36-16-23(30-18(2)32)24(33)14-22(28)15-25(29)31(3)4/h5-13,17,23,28-29H,14-16H2,1-4H3,(H,30,32)/t17-,23-/m1/s1. The molecule has 190 valence electrons. The molecule has 0 radical (unpaired) electrons. The fourth-order valence-corrected chi connectivity index (χ4v) is 4.33. The summed E-state index contributed by atoms with van der Waals surface area (Å²) in [6, 6.07) is 14.9. The maximum atomic E-state index is 12.9. The minimum absolute atomic E-state index is 0.0304. The maximum absolute atomic E-state index is 12.9. The van der Waals surface area contributed by atoms with Gasteiger partial charge in [-0.1, -0.05) is 67.2 Å². The summed E-state index contributed by atoms with van der Waals surface area (Å²) in [7, 11) is 3.38. The number of thioether (sulfide) groups is 1. The van der Waals surface area contributed by atoms with Crippen LogP contribution >= 0.6 is 11.8 Å². The van der Waals surface area contributed by atoms with Gasteiger partial charge in [-0.25, -0.2) is 0 Å². The van der Waals surface area contributed by atoms with Gasteiger partial charge in [-0.2, -0.15) is 0 Å². The van der Waals surface area contributed by atoms with Crippen LogP contribution in [0.15, 0.2) is 54.6 Å². The number of carbonyl (C=O) groups is 4. The Morgan fingerprint density at radius 3 is 2.19 bits per heavy atom. The molecule has 2 aromatic carbocycles. The summed E-state index contributed by atoms with van der Waals surface area (Å²) in [5.74, 6) is -1.23. The highest BCUT2D eigenvalue weighted by atomic mass is 32.2. The summed E-state index contributed by atoms with van der Waals surface area (Å²) in [5.41, 5.74) is 1.79. The van der Waals surface area contributed by atoms with Crippen LogP contribution in [-0.2, 0) is 14.4 Å². The molecule has 3 N–H and O–H groups in total. The van der Waals surface area contributed by atoms with E-state index in [1.807, 2.05) is 6.07 Å². The monoisotopic (exact) mass is 508 g/mol. The van der Waals surface area contributed by atoms with Gasteiger partial charge in [-0.3, -0.25) is 24.6 Å². The van der Waals surface area contributed by atoms with E-state index in [1.165, 1.54) is 6.92 Å². The molecule has 9 heteroatoms. The van der Waals surface area contributed by atoms with E-state index in [0.717, 1.165) is 11.8 Å². The van der Waals surface area contributed by atoms with Crippen molar-refractivity contribution in [3.05, 3.63) is 71.3 Å². The molecule has 0 fully saturated rings. The van der Waals surface area contributed by atoms with Crippen LogP contribution in [0.25, 0.3) is 0 Å². The van der Waals surface area contributed by atoms with Crippen LogP contribution in [0, 0.1) is 10.8 Å². The topological polar surface area (TPSA) is 131 Å². The number of amidine groups is 1. The number of benzene rings is 2. The van der Waals surface area contributed by atoms with Crippen LogP contribution in [0.4, 0.5) is 0 Å². The van der Waals surface area contributed by atoms with E-state index < -0.39 is 17.9 Å². The molecule has 0 bridgehead atoms. The van der Waals surface area contributed by atoms with E-state index in [2.05, 4.69) is 5.32 Å². The van der Waals surface area contributed by atoms with Crippen molar-refractivity contribution in [1.29, 1.82) is 10.8 Å². The molecule has 0 unspecified atom stereocenters. The quantitative estimate of drug-likeness (QED) is 0.228. The Morgan fingerprint density at radius 2 is 1.58 bits per heavy atom. The summed E-state index contributed by atoms with van der Waals surface area (Å²) in [4.78, 5) is 51.7. The Kier molecular flexibility index (Phi) is 10.7. The minimum Gasteiger partial charge on any atom is -0.366 e. The van der Waals surface area contributed by atoms with Gasteiger partial charge in [0.15, 0.2) is 16.7 Å². The smallest absolute Gasteiger partial charge is 0.217 e. The molecule has 0 saturated heterocycles. The molecule has 0 aliphatic heterocycles. The van der Waals surface area contributed by atoms with E-state index in [1.54, 1.807) is 74.4 Å². The minimum atomic E-state index is -0.927. The maximum Gasteiger partial charge on any atom is 0.217 e. The lowest BCUT2D eigenvalue weighted by molar-refractivity contribution is -0.125. The van der Waals surface area contributed by atoms with Crippen LogP contribution in [0.1, 0.15) is 54.1 Å². The van der Waals surface area contributed by atoms with E-state index in [4.69, 9.17) is 10.8 Å². The number of Topliss-reactive ketones (excluding diaryl/α,β-unsaturated/α-hetero) is 1. The van der Waals surface area contributed by atoms with E-state index in [0.29, 0.717) is 16.7 Å². The van der Waals surface area contributed by atoms with E-state index in [-0.39, 0.29) is 46.8 Å². The Hall–Kier alpha value is -3.59. The highest BCUT2D eigenvalue weighted by Gasteiger charge is 2.25. The van der Waals surface area contributed by atoms with Crippen molar-refractivity contribution in [2.45, 2.75) is 38.6 Å². The predicted octanol–water partition coefficient (Wildman–Crippen LogP) is 3.69. The van der Waals surface area contributed by atoms with E-state index >= 15 is 0 Å². The molecule has 0 heterocycles. The number of nitrogens with one attached hydrogen (secondary N) is 3. The second-order valence-electron chi connectivity index (χ2n) is 8.69. The average Bonchev–Trinajstić information content (AvgIpc) is 2.85. The summed E-state index contributed by atoms with van der Waals surface area (Å²) < 4.78 is 0. The van der Waals surface area contributed by atoms with Crippen molar-refractivity contribution >= 4 is 45.9 Å². The lowest BCUT2D eigenvalue weighted by Gasteiger charge is -2.19. The molecular formula is C27H32N4O4S. The highest BCUT2D eigenvalue weighted by molar-refractivity contribution is 8.13. The fourth-order valence-electron chi connectivity index (χ4n) is 3.35. The summed E-state index contributed by atoms with van der Waals surface area (Å²) in [6.07, 6.45) is -0.179. The second-order valence-corrected chi connectivity index (χ2v) is 9.71. The highest BCUT2D eigenvalue weighted by Crippen LogP contribution is 2.25. The van der Waals surface area contributed by atoms with Crippen LogP contribution < -0.4 is 5.32 Å². The number of amides is 1. The molecule has 0 aromatic heterocycles. The number of hydrogen-bond donors (Lipinski definition) is 3. The number of carbonyl (C=O) groups excluding carboxylic acids is 4. The molecule has 0 aliphatic carbocycles. The third-order valence-electron chi connectivity index (χ3n) is 5.51. The summed E-state index contributed by atoms with van der Waals surface area (Å²) >= 11 is 0.934. The van der Waals surface area contributed by atoms with Gasteiger partial charge in [0.25, 0.3) is 0 Å². The molecule has 0 saturated carbocycles. The van der Waals surface area contributed by atoms with Gasteiger partial charge in [-0.15, -0.1) is 0 Å². The van der Waals surface area contributed by atoms with Crippen LogP contribution in [-0.4, -0.2) is 64.9 Å². The van der Waals surface area contributed by atoms with Crippen LogP contribution in [0.3, 0.4) is 0 Å². The van der Waals surface area contributed by atoms with Crippen molar-refractivity contribution in [1.82, 2.24) is 10.2 Å². The molecule has 2 atom stereocenters. The van der Waals surface area contributed by atoms with Crippen LogP contribution in [0.5, 0.6) is 0 Å². The zero-order chi connectivity index (χ0) is 26.8. The third-order valence-corrected chi connectivity index (χ3v) is 6.64. The molecule has 0 spiro atoms. The molecular weight excluding hydrogens is 476 g/mol. The van der Waals surface area contributed by atoms with Crippen LogP contribution in [0.2, 0.25) is 0 Å². The summed E-state index contributed by atoms with van der Waals surface area (Å²) in [6.45, 7) is 3.02. The average molecular weight is 509 g/mol. The first-order chi connectivity index (χ1) is 17.0. The first kappa shape index (κ1) is 28.6. The third kappa shape index (κ3) is 8.57. The number of rotatable bonds is 12. The zero-order valence-electron chi connectivity index (χ0n) is 21.0. The SMILES string of the molecule is CC(=O)N[C@H](CSC(=O)[C@H](C)c1cccc(C(=O)c2ccccc2)c1)C(=O)CC(=N)CC(=N)N(C)C. The van der Waals surface area contributed by atoms with Gasteiger partial charge in [0.2, 0.25) is 5.91 Å². The van der Waals surface area contributed by atoms with Crippen molar-refractivity contribution in [2.75, 3.05) is 19.8 Å². The van der Waals surface area contributed by atoms with Crippen molar-refractivity contribution in [3.63, 3.8) is 0 Å². The zero-order valence-corrected chi connectivity index (χ0v) is 21.8. The Labute approximate surface area is 215 Å². The second kappa shape index (κ2) is 13.5. The number of hydrogen-bond acceptors (Lipinski definition) is 7. The Morgan fingerprint density at radius 1 is 0.944 bits per heavy atom. The van der Waals surface area contributed by atoms with Crippen molar-refractivity contribution < 1.29 is 19.2 Å². The molecule has 2 rings (SSSR count). The van der Waals surface area contributed by atoms with Gasteiger partial charge in [-0.05, 0) is 11.6 Å². The van der Waals surface area contributed by atoms with Crippen molar-refractivity contribution in [2.24, 2.45) is 0 Å². The molecule has 8 nitrogen and oxygen atoms in total. The normalized spacial score (nSPS) is 12.2. The largest absolute Gasteiger partial charge is 0.366 e. The Bertz CT molecular complexity index is 1150. The lowest BCUT2D eigenvalue weighted by atomic mass is 9.96. The van der Waals surface area contributed by atoms with Gasteiger partial charge >= 0.3 is 0 Å². The predicted molar refractivity (Wildman–Crippen MR) is 143 cm³/mol. The van der Waals surface area contributed by atoms with Gasteiger partial charge in [0, 0.05) is 56.5 Å². The molecule has 1 amide bonds. The van der Waals surface area contributed by atoms with Gasteiger partial charge in [0.05, 0.1) is 12.0 Å². The number of nitrogens with zero attached hydrogens (tertiary/aromatic N) is 1.